The van der Waals surface area contributed by atoms with Gasteiger partial charge in [0, 0.05) is 0 Å². The molecule has 1 rings (SSSR count). The van der Waals surface area contributed by atoms with Crippen molar-refractivity contribution in [2.75, 3.05) is 5.32 Å². The lowest BCUT2D eigenvalue weighted by Crippen LogP contribution is -2.24. The molecule has 1 N–H and O–H groups in total. The summed E-state index contributed by atoms with van der Waals surface area (Å²) in [5.74, 6) is 0.135. The van der Waals surface area contributed by atoms with Crippen molar-refractivity contribution in [2.24, 2.45) is 0 Å². The van der Waals surface area contributed by atoms with Crippen LogP contribution in [0.2, 0.25) is 0 Å². The maximum absolute atomic E-state index is 12.2. The number of halogens is 2. The smallest absolute Gasteiger partial charge is 0.258 e. The summed E-state index contributed by atoms with van der Waals surface area (Å²) in [6, 6.07) is 0.763. The summed E-state index contributed by atoms with van der Waals surface area (Å²) >= 11 is 0. The van der Waals surface area contributed by atoms with Crippen LogP contribution in [-0.4, -0.2) is 22.4 Å². The zero-order valence-corrected chi connectivity index (χ0v) is 7.41. The Hall–Kier alpha value is -1.77. The summed E-state index contributed by atoms with van der Waals surface area (Å²) < 4.78 is 24.3. The topological polar surface area (TPSA) is 61.6 Å². The first-order valence-corrected chi connectivity index (χ1v) is 3.90. The average molecular weight is 198 g/mol. The van der Waals surface area contributed by atoms with Crippen LogP contribution in [-0.2, 0) is 0 Å². The zero-order valence-electron chi connectivity index (χ0n) is 7.41. The minimum Gasteiger partial charge on any atom is -0.361 e. The molecule has 0 fully saturated rings. The number of hydrogen-bond acceptors (Lipinski definition) is 4. The molecule has 0 radical (unpaired) electrons. The van der Waals surface area contributed by atoms with Crippen molar-refractivity contribution in [1.29, 1.82) is 5.26 Å². The van der Waals surface area contributed by atoms with Crippen LogP contribution in [0.4, 0.5) is 14.6 Å². The molecule has 0 aliphatic heterocycles. The van der Waals surface area contributed by atoms with Crippen molar-refractivity contribution in [3.63, 3.8) is 0 Å². The maximum Gasteiger partial charge on any atom is 0.258 e. The first-order valence-electron chi connectivity index (χ1n) is 3.90. The largest absolute Gasteiger partial charge is 0.361 e. The van der Waals surface area contributed by atoms with Crippen LogP contribution in [0.1, 0.15) is 12.5 Å². The second-order valence-electron chi connectivity index (χ2n) is 2.66. The van der Waals surface area contributed by atoms with Crippen molar-refractivity contribution < 1.29 is 8.78 Å². The number of hydrogen-bond donors (Lipinski definition) is 1. The van der Waals surface area contributed by atoms with Gasteiger partial charge in [0.2, 0.25) is 0 Å². The van der Waals surface area contributed by atoms with Crippen molar-refractivity contribution in [3.05, 3.63) is 18.1 Å². The van der Waals surface area contributed by atoms with Crippen LogP contribution in [0.25, 0.3) is 0 Å². The van der Waals surface area contributed by atoms with Gasteiger partial charge in [0.25, 0.3) is 6.43 Å². The van der Waals surface area contributed by atoms with Crippen molar-refractivity contribution in [2.45, 2.75) is 19.4 Å². The summed E-state index contributed by atoms with van der Waals surface area (Å²) in [5, 5.41) is 11.0. The average Bonchev–Trinajstić information content (AvgIpc) is 2.18. The minimum atomic E-state index is -2.50. The van der Waals surface area contributed by atoms with E-state index in [1.807, 2.05) is 6.07 Å². The second-order valence-corrected chi connectivity index (χ2v) is 2.66. The van der Waals surface area contributed by atoms with E-state index in [9.17, 15) is 8.78 Å². The number of nitrogens with one attached hydrogen (secondary N) is 1. The van der Waals surface area contributed by atoms with Crippen LogP contribution in [0.15, 0.2) is 12.5 Å². The third kappa shape index (κ3) is 2.36. The van der Waals surface area contributed by atoms with Gasteiger partial charge in [0.15, 0.2) is 0 Å². The Labute approximate surface area is 79.6 Å². The Morgan fingerprint density at radius 1 is 1.57 bits per heavy atom. The van der Waals surface area contributed by atoms with Gasteiger partial charge in [-0.1, -0.05) is 0 Å². The summed E-state index contributed by atoms with van der Waals surface area (Å²) in [6.45, 7) is 1.31. The van der Waals surface area contributed by atoms with E-state index < -0.39 is 12.5 Å². The standard InChI is InChI=1S/C8H8F2N4/c1-5(7(9)10)14-8-6(2-11)3-12-4-13-8/h3-5,7H,1H3,(H,12,13,14). The summed E-state index contributed by atoms with van der Waals surface area (Å²) in [4.78, 5) is 7.30. The molecule has 0 spiro atoms. The highest BCUT2D eigenvalue weighted by Gasteiger charge is 2.16. The van der Waals surface area contributed by atoms with Crippen molar-refractivity contribution in [3.8, 4) is 6.07 Å². The Bertz CT molecular complexity index is 347. The Morgan fingerprint density at radius 2 is 2.29 bits per heavy atom. The predicted octanol–water partition coefficient (Wildman–Crippen LogP) is 1.41. The molecule has 0 amide bonds. The van der Waals surface area contributed by atoms with E-state index >= 15 is 0 Å². The predicted molar refractivity (Wildman–Crippen MR) is 45.8 cm³/mol. The Kier molecular flexibility index (Phi) is 3.29. The SMILES string of the molecule is CC(Nc1ncncc1C#N)C(F)F. The molecule has 0 aromatic carbocycles. The number of aromatic nitrogens is 2. The number of anilines is 1. The van der Waals surface area contributed by atoms with Crippen molar-refractivity contribution >= 4 is 5.82 Å². The normalized spacial score (nSPS) is 12.2. The van der Waals surface area contributed by atoms with E-state index in [0.717, 1.165) is 0 Å². The Morgan fingerprint density at radius 3 is 2.86 bits per heavy atom. The van der Waals surface area contributed by atoms with E-state index in [-0.39, 0.29) is 11.4 Å². The maximum atomic E-state index is 12.2. The number of alkyl halides is 2. The third-order valence-electron chi connectivity index (χ3n) is 1.58. The minimum absolute atomic E-state index is 0.135. The van der Waals surface area contributed by atoms with Crippen LogP contribution in [0, 0.1) is 11.3 Å². The van der Waals surface area contributed by atoms with Crippen LogP contribution >= 0.6 is 0 Å². The molecule has 4 nitrogen and oxygen atoms in total. The number of nitriles is 1. The molecule has 0 bridgehead atoms. The molecule has 1 unspecified atom stereocenters. The number of nitrogens with zero attached hydrogens (tertiary/aromatic N) is 3. The highest BCUT2D eigenvalue weighted by Crippen LogP contribution is 2.12. The lowest BCUT2D eigenvalue weighted by Gasteiger charge is -2.13. The molecule has 0 aliphatic rings. The molecule has 1 atom stereocenters. The first-order chi connectivity index (χ1) is 6.65. The molecular weight excluding hydrogens is 190 g/mol. The molecule has 14 heavy (non-hydrogen) atoms. The van der Waals surface area contributed by atoms with E-state index in [4.69, 9.17) is 5.26 Å². The molecular formula is C8H8F2N4. The van der Waals surface area contributed by atoms with E-state index in [1.165, 1.54) is 19.4 Å². The molecule has 74 valence electrons. The fourth-order valence-electron chi connectivity index (χ4n) is 0.805. The monoisotopic (exact) mass is 198 g/mol. The van der Waals surface area contributed by atoms with Gasteiger partial charge in [-0.25, -0.2) is 18.7 Å². The summed E-state index contributed by atoms with van der Waals surface area (Å²) in [7, 11) is 0. The van der Waals surface area contributed by atoms with Crippen molar-refractivity contribution in [1.82, 2.24) is 9.97 Å². The van der Waals surface area contributed by atoms with Crippen LogP contribution in [0.5, 0.6) is 0 Å². The quantitative estimate of drug-likeness (QED) is 0.797. The third-order valence-corrected chi connectivity index (χ3v) is 1.58. The molecule has 1 aromatic rings. The van der Waals surface area contributed by atoms with Gasteiger partial charge in [0.1, 0.15) is 23.8 Å². The van der Waals surface area contributed by atoms with Gasteiger partial charge in [-0.3, -0.25) is 0 Å². The Balaban J connectivity index is 2.82. The van der Waals surface area contributed by atoms with Crippen LogP contribution < -0.4 is 5.32 Å². The molecule has 1 aromatic heterocycles. The van der Waals surface area contributed by atoms with Gasteiger partial charge in [0.05, 0.1) is 12.2 Å². The molecule has 0 saturated carbocycles. The highest BCUT2D eigenvalue weighted by atomic mass is 19.3. The van der Waals surface area contributed by atoms with Gasteiger partial charge < -0.3 is 5.32 Å². The lowest BCUT2D eigenvalue weighted by atomic mass is 10.3. The molecule has 0 aliphatic carbocycles. The second kappa shape index (κ2) is 4.46. The zero-order chi connectivity index (χ0) is 10.6. The fraction of sp³-hybridized carbons (Fsp3) is 0.375. The van der Waals surface area contributed by atoms with E-state index in [2.05, 4.69) is 15.3 Å². The van der Waals surface area contributed by atoms with Gasteiger partial charge in [-0.05, 0) is 6.92 Å². The fourth-order valence-corrected chi connectivity index (χ4v) is 0.805. The van der Waals surface area contributed by atoms with Gasteiger partial charge >= 0.3 is 0 Å². The summed E-state index contributed by atoms with van der Waals surface area (Å²) in [5.41, 5.74) is 0.153. The lowest BCUT2D eigenvalue weighted by molar-refractivity contribution is 0.130. The first kappa shape index (κ1) is 10.3. The van der Waals surface area contributed by atoms with Gasteiger partial charge in [-0.2, -0.15) is 5.26 Å². The highest BCUT2D eigenvalue weighted by molar-refractivity contribution is 5.50. The van der Waals surface area contributed by atoms with E-state index in [0.29, 0.717) is 0 Å². The molecule has 6 heteroatoms. The molecule has 0 saturated heterocycles. The number of rotatable bonds is 3. The van der Waals surface area contributed by atoms with Crippen LogP contribution in [0.3, 0.4) is 0 Å². The summed E-state index contributed by atoms with van der Waals surface area (Å²) in [6.07, 6.45) is -0.0361. The van der Waals surface area contributed by atoms with E-state index in [1.54, 1.807) is 0 Å². The molecule has 1 heterocycles. The van der Waals surface area contributed by atoms with Gasteiger partial charge in [-0.15, -0.1) is 0 Å².